The topological polar surface area (TPSA) is 29.1 Å². The maximum absolute atomic E-state index is 11.7. The minimum absolute atomic E-state index is 0.131. The molecule has 0 radical (unpaired) electrons. The van der Waals surface area contributed by atoms with Crippen molar-refractivity contribution in [2.75, 3.05) is 0 Å². The lowest BCUT2D eigenvalue weighted by molar-refractivity contribution is -0.125. The third kappa shape index (κ3) is 2.49. The van der Waals surface area contributed by atoms with E-state index < -0.39 is 0 Å². The fraction of sp³-hybridized carbons (Fsp3) is 0.917. The highest BCUT2D eigenvalue weighted by molar-refractivity contribution is 5.77. The Morgan fingerprint density at radius 2 is 1.86 bits per heavy atom. The van der Waals surface area contributed by atoms with Crippen LogP contribution in [-0.4, -0.2) is 11.4 Å². The molecule has 0 bridgehead atoms. The molecule has 2 nitrogen and oxygen atoms in total. The maximum Gasteiger partial charge on any atom is 0.220 e. The van der Waals surface area contributed by atoms with Crippen LogP contribution >= 0.6 is 0 Å². The Labute approximate surface area is 87.5 Å². The minimum atomic E-state index is 0.131. The first kappa shape index (κ1) is 11.5. The molecule has 82 valence electrons. The molecule has 1 N–H and O–H groups in total. The monoisotopic (exact) mass is 197 g/mol. The molecule has 1 rings (SSSR count). The number of rotatable bonds is 4. The second-order valence-electron chi connectivity index (χ2n) is 5.31. The molecule has 0 saturated heterocycles. The van der Waals surface area contributed by atoms with Crippen molar-refractivity contribution in [3.8, 4) is 0 Å². The summed E-state index contributed by atoms with van der Waals surface area (Å²) in [6, 6.07) is 0. The van der Waals surface area contributed by atoms with Crippen molar-refractivity contribution in [3.63, 3.8) is 0 Å². The fourth-order valence-corrected chi connectivity index (χ4v) is 2.10. The van der Waals surface area contributed by atoms with Crippen LogP contribution in [0, 0.1) is 11.8 Å². The van der Waals surface area contributed by atoms with Crippen LogP contribution in [0.2, 0.25) is 0 Å². The van der Waals surface area contributed by atoms with Crippen LogP contribution in [0.5, 0.6) is 0 Å². The van der Waals surface area contributed by atoms with Crippen molar-refractivity contribution in [1.29, 1.82) is 0 Å². The van der Waals surface area contributed by atoms with Gasteiger partial charge in [0.2, 0.25) is 5.91 Å². The van der Waals surface area contributed by atoms with Crippen molar-refractivity contribution in [3.05, 3.63) is 0 Å². The summed E-state index contributed by atoms with van der Waals surface area (Å²) < 4.78 is 0. The Morgan fingerprint density at radius 3 is 2.14 bits per heavy atom. The average molecular weight is 197 g/mol. The van der Waals surface area contributed by atoms with E-state index in [-0.39, 0.29) is 11.4 Å². The maximum atomic E-state index is 11.7. The van der Waals surface area contributed by atoms with Crippen LogP contribution in [0.4, 0.5) is 0 Å². The number of hydrogen-bond donors (Lipinski definition) is 1. The molecule has 0 aromatic rings. The molecule has 2 heteroatoms. The Morgan fingerprint density at radius 1 is 1.29 bits per heavy atom. The van der Waals surface area contributed by atoms with Crippen LogP contribution in [0.25, 0.3) is 0 Å². The van der Waals surface area contributed by atoms with E-state index in [1.165, 1.54) is 6.42 Å². The Kier molecular flexibility index (Phi) is 3.57. The van der Waals surface area contributed by atoms with Crippen LogP contribution in [0.1, 0.15) is 53.4 Å². The van der Waals surface area contributed by atoms with Crippen molar-refractivity contribution in [1.82, 2.24) is 5.32 Å². The standard InChI is InChI=1S/C12H23NO/c1-9(2)8-11(14)13-12(10(3)4)6-5-7-12/h9-10H,5-8H2,1-4H3,(H,13,14). The molecule has 0 aromatic carbocycles. The van der Waals surface area contributed by atoms with E-state index in [4.69, 9.17) is 0 Å². The van der Waals surface area contributed by atoms with Gasteiger partial charge in [-0.2, -0.15) is 0 Å². The van der Waals surface area contributed by atoms with Gasteiger partial charge < -0.3 is 5.32 Å². The molecule has 0 heterocycles. The molecule has 0 aliphatic heterocycles. The van der Waals surface area contributed by atoms with Gasteiger partial charge in [-0.1, -0.05) is 27.7 Å². The molecule has 0 spiro atoms. The molecular formula is C12H23NO. The highest BCUT2D eigenvalue weighted by atomic mass is 16.1. The van der Waals surface area contributed by atoms with E-state index in [0.717, 1.165) is 12.8 Å². The van der Waals surface area contributed by atoms with Gasteiger partial charge in [-0.05, 0) is 31.1 Å². The molecule has 0 aromatic heterocycles. The first-order valence-corrected chi connectivity index (χ1v) is 5.77. The van der Waals surface area contributed by atoms with Gasteiger partial charge in [-0.15, -0.1) is 0 Å². The first-order chi connectivity index (χ1) is 6.46. The molecule has 0 unspecified atom stereocenters. The average Bonchev–Trinajstić information content (AvgIpc) is 1.94. The third-order valence-electron chi connectivity index (χ3n) is 3.33. The number of carbonyl (C=O) groups is 1. The zero-order valence-electron chi connectivity index (χ0n) is 9.89. The second kappa shape index (κ2) is 4.33. The lowest BCUT2D eigenvalue weighted by Crippen LogP contribution is -2.57. The quantitative estimate of drug-likeness (QED) is 0.737. The van der Waals surface area contributed by atoms with Crippen molar-refractivity contribution < 1.29 is 4.79 Å². The Bertz CT molecular complexity index is 204. The van der Waals surface area contributed by atoms with Gasteiger partial charge in [0, 0.05) is 12.0 Å². The van der Waals surface area contributed by atoms with Gasteiger partial charge in [0.15, 0.2) is 0 Å². The van der Waals surface area contributed by atoms with Gasteiger partial charge >= 0.3 is 0 Å². The summed E-state index contributed by atoms with van der Waals surface area (Å²) in [6.07, 6.45) is 4.25. The largest absolute Gasteiger partial charge is 0.350 e. The van der Waals surface area contributed by atoms with Crippen LogP contribution in [0.3, 0.4) is 0 Å². The molecule has 14 heavy (non-hydrogen) atoms. The number of hydrogen-bond acceptors (Lipinski definition) is 1. The lowest BCUT2D eigenvalue weighted by Gasteiger charge is -2.46. The SMILES string of the molecule is CC(C)CC(=O)NC1(C(C)C)CCC1. The lowest BCUT2D eigenvalue weighted by atomic mass is 9.69. The van der Waals surface area contributed by atoms with Crippen LogP contribution in [-0.2, 0) is 4.79 Å². The van der Waals surface area contributed by atoms with Gasteiger partial charge in [-0.25, -0.2) is 0 Å². The summed E-state index contributed by atoms with van der Waals surface area (Å²) in [7, 11) is 0. The van der Waals surface area contributed by atoms with E-state index in [1.807, 2.05) is 0 Å². The Hall–Kier alpha value is -0.530. The highest BCUT2D eigenvalue weighted by Gasteiger charge is 2.40. The summed E-state index contributed by atoms with van der Waals surface area (Å²) in [4.78, 5) is 11.7. The zero-order chi connectivity index (χ0) is 10.8. The smallest absolute Gasteiger partial charge is 0.220 e. The number of nitrogens with one attached hydrogen (secondary N) is 1. The highest BCUT2D eigenvalue weighted by Crippen LogP contribution is 2.38. The summed E-state index contributed by atoms with van der Waals surface area (Å²) in [5.74, 6) is 1.25. The molecule has 1 aliphatic rings. The molecule has 1 saturated carbocycles. The first-order valence-electron chi connectivity index (χ1n) is 5.77. The minimum Gasteiger partial charge on any atom is -0.350 e. The molecule has 1 amide bonds. The summed E-state index contributed by atoms with van der Waals surface area (Å²) in [6.45, 7) is 8.58. The van der Waals surface area contributed by atoms with Gasteiger partial charge in [0.25, 0.3) is 0 Å². The van der Waals surface area contributed by atoms with Gasteiger partial charge in [-0.3, -0.25) is 4.79 Å². The molecule has 1 fully saturated rings. The van der Waals surface area contributed by atoms with Crippen LogP contribution in [0.15, 0.2) is 0 Å². The van der Waals surface area contributed by atoms with E-state index >= 15 is 0 Å². The van der Waals surface area contributed by atoms with Gasteiger partial charge in [0.05, 0.1) is 0 Å². The summed E-state index contributed by atoms with van der Waals surface area (Å²) >= 11 is 0. The van der Waals surface area contributed by atoms with Crippen molar-refractivity contribution in [2.45, 2.75) is 58.9 Å². The van der Waals surface area contributed by atoms with E-state index in [1.54, 1.807) is 0 Å². The number of carbonyl (C=O) groups excluding carboxylic acids is 1. The van der Waals surface area contributed by atoms with Crippen molar-refractivity contribution >= 4 is 5.91 Å². The summed E-state index contributed by atoms with van der Waals surface area (Å²) in [5.41, 5.74) is 0.131. The predicted octanol–water partition coefficient (Wildman–Crippen LogP) is 2.73. The van der Waals surface area contributed by atoms with E-state index in [0.29, 0.717) is 18.3 Å². The van der Waals surface area contributed by atoms with Crippen molar-refractivity contribution in [2.24, 2.45) is 11.8 Å². The number of amides is 1. The van der Waals surface area contributed by atoms with Crippen LogP contribution < -0.4 is 5.32 Å². The Balaban J connectivity index is 2.45. The summed E-state index contributed by atoms with van der Waals surface area (Å²) in [5, 5.41) is 3.22. The van der Waals surface area contributed by atoms with E-state index in [2.05, 4.69) is 33.0 Å². The fourth-order valence-electron chi connectivity index (χ4n) is 2.10. The normalized spacial score (nSPS) is 19.6. The second-order valence-corrected chi connectivity index (χ2v) is 5.31. The van der Waals surface area contributed by atoms with Gasteiger partial charge in [0.1, 0.15) is 0 Å². The molecule has 0 atom stereocenters. The third-order valence-corrected chi connectivity index (χ3v) is 3.33. The van der Waals surface area contributed by atoms with E-state index in [9.17, 15) is 4.79 Å². The predicted molar refractivity (Wildman–Crippen MR) is 59.0 cm³/mol. The molecular weight excluding hydrogens is 174 g/mol. The molecule has 1 aliphatic carbocycles. The zero-order valence-corrected chi connectivity index (χ0v) is 9.89.